The highest BCUT2D eigenvalue weighted by Crippen LogP contribution is 2.30. The fraction of sp³-hybridized carbons (Fsp3) is 0.350. The van der Waals surface area contributed by atoms with Crippen molar-refractivity contribution < 1.29 is 9.28 Å². The van der Waals surface area contributed by atoms with Gasteiger partial charge in [-0.25, -0.2) is 14.7 Å². The lowest BCUT2D eigenvalue weighted by Gasteiger charge is -2.60. The predicted molar refractivity (Wildman–Crippen MR) is 101 cm³/mol. The number of carbonyl (C=O) groups excluding carboxylic acids is 1. The molecule has 26 heavy (non-hydrogen) atoms. The monoisotopic (exact) mass is 367 g/mol. The van der Waals surface area contributed by atoms with Crippen molar-refractivity contribution in [2.24, 2.45) is 0 Å². The first-order valence-electron chi connectivity index (χ1n) is 9.06. The molecule has 4 aliphatic heterocycles. The molecule has 5 nitrogen and oxygen atoms in total. The number of carbonyl (C=O) groups is 1. The lowest BCUT2D eigenvalue weighted by Crippen LogP contribution is -2.79. The maximum Gasteiger partial charge on any atom is 0.217 e. The van der Waals surface area contributed by atoms with Gasteiger partial charge in [-0.2, -0.15) is 0 Å². The number of hydrogen-bond donors (Lipinski definition) is 0. The van der Waals surface area contributed by atoms with E-state index in [0.717, 1.165) is 50.1 Å². The Morgan fingerprint density at radius 2 is 1.35 bits per heavy atom. The van der Waals surface area contributed by atoms with E-state index in [9.17, 15) is 4.79 Å². The van der Waals surface area contributed by atoms with Crippen molar-refractivity contribution in [3.05, 3.63) is 60.2 Å². The summed E-state index contributed by atoms with van der Waals surface area (Å²) in [5, 5.41) is 0. The molecule has 6 rings (SSSR count). The van der Waals surface area contributed by atoms with E-state index in [0.29, 0.717) is 6.54 Å². The van der Waals surface area contributed by atoms with Crippen molar-refractivity contribution in [1.82, 2.24) is 14.7 Å². The quantitative estimate of drug-likeness (QED) is 0.598. The summed E-state index contributed by atoms with van der Waals surface area (Å²) in [6.07, 6.45) is 0. The van der Waals surface area contributed by atoms with E-state index >= 15 is 0 Å². The third kappa shape index (κ3) is 3.19. The van der Waals surface area contributed by atoms with Crippen LogP contribution in [0.2, 0.25) is 0 Å². The Kier molecular flexibility index (Phi) is 4.10. The Hall–Kier alpha value is -1.70. The number of rotatable bonds is 5. The fourth-order valence-electron chi connectivity index (χ4n) is 4.54. The summed E-state index contributed by atoms with van der Waals surface area (Å²) in [6, 6.07) is 18.4. The van der Waals surface area contributed by atoms with Crippen LogP contribution in [0.4, 0.5) is 0 Å². The molecule has 2 aromatic rings. The van der Waals surface area contributed by atoms with Crippen molar-refractivity contribution in [2.45, 2.75) is 9.79 Å². The van der Waals surface area contributed by atoms with Gasteiger partial charge in [-0.3, -0.25) is 9.28 Å². The molecule has 0 atom stereocenters. The maximum absolute atomic E-state index is 12.9. The van der Waals surface area contributed by atoms with Crippen LogP contribution in [-0.2, 0) is 0 Å². The molecule has 4 heterocycles. The molecule has 4 aliphatic rings. The number of benzene rings is 2. The van der Waals surface area contributed by atoms with Crippen LogP contribution < -0.4 is 0 Å². The Labute approximate surface area is 158 Å². The van der Waals surface area contributed by atoms with Gasteiger partial charge in [0.15, 0.2) is 0 Å². The summed E-state index contributed by atoms with van der Waals surface area (Å²) >= 11 is 1.73. The minimum Gasteiger partial charge on any atom is -0.288 e. The summed E-state index contributed by atoms with van der Waals surface area (Å²) < 4.78 is 0.860. The lowest BCUT2D eigenvalue weighted by atomic mass is 10.1. The van der Waals surface area contributed by atoms with Gasteiger partial charge in [-0.1, -0.05) is 42.1 Å². The van der Waals surface area contributed by atoms with E-state index in [1.54, 1.807) is 11.8 Å². The molecular formula is C20H23N4OS+. The van der Waals surface area contributed by atoms with Crippen molar-refractivity contribution >= 4 is 17.5 Å². The molecule has 134 valence electrons. The Bertz CT molecular complexity index is 773. The predicted octanol–water partition coefficient (Wildman–Crippen LogP) is 2.53. The molecule has 4 fully saturated rings. The second kappa shape index (κ2) is 6.48. The standard InChI is InChI=1S/C20H23N4OS/c25-20(10-24-14-21-11-22(15-24)13-23(12-21)16-24)17-6-8-19(9-7-17)26-18-4-2-1-3-5-18/h1-9H,10-16H2/q+1. The number of ketones is 1. The first-order valence-corrected chi connectivity index (χ1v) is 9.88. The normalized spacial score (nSPS) is 31.9. The largest absolute Gasteiger partial charge is 0.288 e. The summed E-state index contributed by atoms with van der Waals surface area (Å²) in [5.74, 6) is 0.256. The number of quaternary nitrogens is 1. The minimum atomic E-state index is 0.256. The summed E-state index contributed by atoms with van der Waals surface area (Å²) in [5.41, 5.74) is 0.830. The highest BCUT2D eigenvalue weighted by molar-refractivity contribution is 7.99. The smallest absolute Gasteiger partial charge is 0.217 e. The molecule has 0 spiro atoms. The number of nitrogens with zero attached hydrogens (tertiary/aromatic N) is 4. The Morgan fingerprint density at radius 3 is 1.92 bits per heavy atom. The van der Waals surface area contributed by atoms with Crippen molar-refractivity contribution in [3.8, 4) is 0 Å². The van der Waals surface area contributed by atoms with Gasteiger partial charge in [0, 0.05) is 15.4 Å². The molecule has 0 unspecified atom stereocenters. The van der Waals surface area contributed by atoms with E-state index in [4.69, 9.17) is 0 Å². The van der Waals surface area contributed by atoms with Gasteiger partial charge in [0.2, 0.25) is 5.78 Å². The molecule has 0 amide bonds. The first kappa shape index (κ1) is 16.5. The molecule has 6 heteroatoms. The van der Waals surface area contributed by atoms with Crippen LogP contribution in [-0.4, -0.2) is 71.5 Å². The average molecular weight is 367 g/mol. The van der Waals surface area contributed by atoms with Crippen LogP contribution in [0.25, 0.3) is 0 Å². The molecule has 0 aliphatic carbocycles. The topological polar surface area (TPSA) is 26.8 Å². The molecule has 4 saturated heterocycles. The van der Waals surface area contributed by atoms with Crippen LogP contribution in [0.15, 0.2) is 64.4 Å². The highest BCUT2D eigenvalue weighted by atomic mass is 32.2. The molecule has 0 radical (unpaired) electrons. The summed E-state index contributed by atoms with van der Waals surface area (Å²) in [7, 11) is 0. The zero-order chi connectivity index (χ0) is 17.6. The zero-order valence-electron chi connectivity index (χ0n) is 14.8. The molecule has 4 bridgehead atoms. The lowest BCUT2D eigenvalue weighted by molar-refractivity contribution is -0.973. The molecular weight excluding hydrogens is 344 g/mol. The Morgan fingerprint density at radius 1 is 0.808 bits per heavy atom. The van der Waals surface area contributed by atoms with Gasteiger partial charge in [-0.15, -0.1) is 0 Å². The molecule has 2 aromatic carbocycles. The summed E-state index contributed by atoms with van der Waals surface area (Å²) in [4.78, 5) is 22.6. The number of hydrogen-bond acceptors (Lipinski definition) is 5. The van der Waals surface area contributed by atoms with Gasteiger partial charge >= 0.3 is 0 Å². The van der Waals surface area contributed by atoms with E-state index in [1.807, 2.05) is 30.3 Å². The van der Waals surface area contributed by atoms with Crippen LogP contribution >= 0.6 is 11.8 Å². The molecule has 0 aromatic heterocycles. The van der Waals surface area contributed by atoms with Crippen molar-refractivity contribution in [1.29, 1.82) is 0 Å². The Balaban J connectivity index is 1.27. The van der Waals surface area contributed by atoms with Crippen molar-refractivity contribution in [3.63, 3.8) is 0 Å². The van der Waals surface area contributed by atoms with Gasteiger partial charge in [0.25, 0.3) is 0 Å². The second-order valence-electron chi connectivity index (χ2n) is 7.72. The van der Waals surface area contributed by atoms with Gasteiger partial charge in [0.1, 0.15) is 26.6 Å². The third-order valence-corrected chi connectivity index (χ3v) is 6.35. The van der Waals surface area contributed by atoms with Crippen LogP contribution in [0.1, 0.15) is 10.4 Å². The zero-order valence-corrected chi connectivity index (χ0v) is 15.6. The molecule has 0 N–H and O–H groups in total. The first-order chi connectivity index (χ1) is 12.7. The minimum absolute atomic E-state index is 0.256. The number of Topliss-reactive ketones (excluding diaryl/α,β-unsaturated/α-hetero) is 1. The van der Waals surface area contributed by atoms with Crippen LogP contribution in [0.5, 0.6) is 0 Å². The molecule has 0 saturated carbocycles. The van der Waals surface area contributed by atoms with Gasteiger partial charge in [0.05, 0.1) is 20.0 Å². The van der Waals surface area contributed by atoms with Crippen LogP contribution in [0.3, 0.4) is 0 Å². The van der Waals surface area contributed by atoms with Gasteiger partial charge in [-0.05, 0) is 24.3 Å². The highest BCUT2D eigenvalue weighted by Gasteiger charge is 2.49. The van der Waals surface area contributed by atoms with E-state index < -0.39 is 0 Å². The fourth-order valence-corrected chi connectivity index (χ4v) is 5.37. The second-order valence-corrected chi connectivity index (χ2v) is 8.87. The van der Waals surface area contributed by atoms with Crippen LogP contribution in [0, 0.1) is 0 Å². The maximum atomic E-state index is 12.9. The van der Waals surface area contributed by atoms with Gasteiger partial charge < -0.3 is 0 Å². The average Bonchev–Trinajstić information content (AvgIpc) is 2.61. The van der Waals surface area contributed by atoms with Crippen molar-refractivity contribution in [2.75, 3.05) is 46.6 Å². The third-order valence-electron chi connectivity index (χ3n) is 5.33. The SMILES string of the molecule is O=C(C[N+]12CN3CN(CN(C3)C1)C2)c1ccc(Sc2ccccc2)cc1. The van der Waals surface area contributed by atoms with E-state index in [2.05, 4.69) is 39.0 Å². The summed E-state index contributed by atoms with van der Waals surface area (Å²) in [6.45, 7) is 6.75. The van der Waals surface area contributed by atoms with E-state index in [1.165, 1.54) is 9.79 Å². The van der Waals surface area contributed by atoms with E-state index in [-0.39, 0.29) is 5.78 Å².